The molecule has 1 N–H and O–H groups in total. The molecule has 0 radical (unpaired) electrons. The molecule has 0 saturated carbocycles. The van der Waals surface area contributed by atoms with Crippen LogP contribution in [0.25, 0.3) is 11.0 Å². The Morgan fingerprint density at radius 3 is 2.33 bits per heavy atom. The van der Waals surface area contributed by atoms with Gasteiger partial charge in [-0.3, -0.25) is 14.7 Å². The Morgan fingerprint density at radius 1 is 1.04 bits per heavy atom. The fraction of sp³-hybridized carbons (Fsp3) is 0.368. The van der Waals surface area contributed by atoms with Gasteiger partial charge in [0.2, 0.25) is 0 Å². The zero-order valence-electron chi connectivity index (χ0n) is 15.6. The molecule has 27 heavy (non-hydrogen) atoms. The molecule has 1 aliphatic heterocycles. The molecule has 3 aromatic heterocycles. The van der Waals surface area contributed by atoms with E-state index in [-0.39, 0.29) is 11.8 Å². The number of fused-ring (bicyclic) bond motifs is 1. The molecule has 3 aromatic rings. The Hall–Kier alpha value is -3.16. The van der Waals surface area contributed by atoms with Crippen LogP contribution in [0.3, 0.4) is 0 Å². The van der Waals surface area contributed by atoms with Gasteiger partial charge < -0.3 is 14.2 Å². The fourth-order valence-electron chi connectivity index (χ4n) is 3.45. The lowest BCUT2D eigenvalue weighted by atomic mass is 10.1. The van der Waals surface area contributed by atoms with Gasteiger partial charge in [0.1, 0.15) is 11.5 Å². The van der Waals surface area contributed by atoms with Crippen LogP contribution in [0.1, 0.15) is 37.9 Å². The van der Waals surface area contributed by atoms with Gasteiger partial charge in [-0.2, -0.15) is 5.10 Å². The lowest BCUT2D eigenvalue weighted by molar-refractivity contribution is 0.0534. The molecule has 0 atom stereocenters. The zero-order chi connectivity index (χ0) is 19.1. The first-order valence-electron chi connectivity index (χ1n) is 8.90. The van der Waals surface area contributed by atoms with Crippen molar-refractivity contribution in [2.24, 2.45) is 0 Å². The van der Waals surface area contributed by atoms with Crippen molar-refractivity contribution in [3.63, 3.8) is 0 Å². The maximum absolute atomic E-state index is 12.8. The molecule has 1 fully saturated rings. The van der Waals surface area contributed by atoms with Crippen LogP contribution in [0, 0.1) is 20.8 Å². The number of pyridine rings is 1. The lowest BCUT2D eigenvalue weighted by Gasteiger charge is -2.34. The summed E-state index contributed by atoms with van der Waals surface area (Å²) in [7, 11) is 0. The second-order valence-electron chi connectivity index (χ2n) is 6.86. The van der Waals surface area contributed by atoms with E-state index < -0.39 is 0 Å². The van der Waals surface area contributed by atoms with Gasteiger partial charge >= 0.3 is 0 Å². The number of nitrogens with zero attached hydrogens (tertiary/aromatic N) is 4. The second-order valence-corrected chi connectivity index (χ2v) is 6.86. The Kier molecular flexibility index (Phi) is 4.18. The maximum atomic E-state index is 12.8. The first-order chi connectivity index (χ1) is 12.9. The van der Waals surface area contributed by atoms with Crippen LogP contribution in [0.4, 0.5) is 0 Å². The minimum atomic E-state index is -0.0764. The van der Waals surface area contributed by atoms with Crippen LogP contribution < -0.4 is 0 Å². The van der Waals surface area contributed by atoms with Gasteiger partial charge in [0.15, 0.2) is 5.65 Å². The number of rotatable bonds is 2. The van der Waals surface area contributed by atoms with E-state index >= 15 is 0 Å². The average molecular weight is 367 g/mol. The highest BCUT2D eigenvalue weighted by atomic mass is 16.3. The first-order valence-corrected chi connectivity index (χ1v) is 8.90. The number of hydrogen-bond acceptors (Lipinski definition) is 5. The Morgan fingerprint density at radius 2 is 1.70 bits per heavy atom. The average Bonchev–Trinajstić information content (AvgIpc) is 3.22. The molecule has 0 spiro atoms. The lowest BCUT2D eigenvalue weighted by Crippen LogP contribution is -2.50. The Balaban J connectivity index is 1.45. The van der Waals surface area contributed by atoms with E-state index in [0.29, 0.717) is 48.7 Å². The van der Waals surface area contributed by atoms with E-state index in [1.807, 2.05) is 19.9 Å². The summed E-state index contributed by atoms with van der Waals surface area (Å²) in [6.07, 6.45) is 1.56. The van der Waals surface area contributed by atoms with Crippen LogP contribution in [0.2, 0.25) is 0 Å². The normalized spacial score (nSPS) is 14.8. The van der Waals surface area contributed by atoms with E-state index in [9.17, 15) is 9.59 Å². The van der Waals surface area contributed by atoms with Crippen molar-refractivity contribution in [1.82, 2.24) is 25.0 Å². The number of aromatic nitrogens is 3. The van der Waals surface area contributed by atoms with Gasteiger partial charge in [-0.15, -0.1) is 0 Å². The van der Waals surface area contributed by atoms with Crippen molar-refractivity contribution in [1.29, 1.82) is 0 Å². The molecule has 4 rings (SSSR count). The number of furan rings is 1. The summed E-state index contributed by atoms with van der Waals surface area (Å²) in [6, 6.07) is 3.59. The molecule has 1 aliphatic rings. The van der Waals surface area contributed by atoms with Gasteiger partial charge in [0.05, 0.1) is 11.1 Å². The topological polar surface area (TPSA) is 95.3 Å². The van der Waals surface area contributed by atoms with Crippen molar-refractivity contribution in [3.05, 3.63) is 46.7 Å². The van der Waals surface area contributed by atoms with Crippen LogP contribution in [-0.4, -0.2) is 63.0 Å². The van der Waals surface area contributed by atoms with Gasteiger partial charge in [-0.05, 0) is 32.9 Å². The van der Waals surface area contributed by atoms with E-state index in [1.54, 1.807) is 29.0 Å². The van der Waals surface area contributed by atoms with Crippen LogP contribution >= 0.6 is 0 Å². The maximum Gasteiger partial charge on any atom is 0.257 e. The molecule has 1 saturated heterocycles. The number of amides is 2. The number of nitrogens with one attached hydrogen (secondary N) is 1. The highest BCUT2D eigenvalue weighted by Gasteiger charge is 2.27. The number of aromatic amines is 1. The molecule has 0 aliphatic carbocycles. The smallest absolute Gasteiger partial charge is 0.257 e. The summed E-state index contributed by atoms with van der Waals surface area (Å²) in [5, 5.41) is 7.81. The molecular formula is C19H21N5O3. The Bertz CT molecular complexity index is 1030. The number of hydrogen-bond donors (Lipinski definition) is 1. The summed E-state index contributed by atoms with van der Waals surface area (Å²) >= 11 is 0. The van der Waals surface area contributed by atoms with Crippen molar-refractivity contribution >= 4 is 22.8 Å². The molecular weight excluding hydrogens is 346 g/mol. The number of carbonyl (C=O) groups excluding carboxylic acids is 2. The number of H-pyrrole nitrogens is 1. The summed E-state index contributed by atoms with van der Waals surface area (Å²) < 4.78 is 5.46. The van der Waals surface area contributed by atoms with E-state index in [1.165, 1.54) is 0 Å². The Labute approximate surface area is 156 Å². The van der Waals surface area contributed by atoms with Crippen LogP contribution in [0.15, 0.2) is 22.7 Å². The highest BCUT2D eigenvalue weighted by Crippen LogP contribution is 2.19. The van der Waals surface area contributed by atoms with Crippen molar-refractivity contribution in [2.45, 2.75) is 20.8 Å². The zero-order valence-corrected chi connectivity index (χ0v) is 15.6. The van der Waals surface area contributed by atoms with Crippen LogP contribution in [-0.2, 0) is 0 Å². The van der Waals surface area contributed by atoms with Crippen molar-refractivity contribution in [3.8, 4) is 0 Å². The highest BCUT2D eigenvalue weighted by molar-refractivity contribution is 5.98. The summed E-state index contributed by atoms with van der Waals surface area (Å²) in [5.74, 6) is 1.23. The van der Waals surface area contributed by atoms with E-state index in [4.69, 9.17) is 4.42 Å². The van der Waals surface area contributed by atoms with Crippen LogP contribution in [0.5, 0.6) is 0 Å². The first kappa shape index (κ1) is 17.3. The standard InChI is InChI=1S/C19H21N5O3/c1-11-8-16(13(3)27-11)19(26)24-6-4-23(5-7-24)18(25)14-9-15-12(2)21-22-17(15)20-10-14/h8-10H,4-7H2,1-3H3,(H,20,21,22). The van der Waals surface area contributed by atoms with Gasteiger partial charge in [0.25, 0.3) is 11.8 Å². The number of aryl methyl sites for hydroxylation is 3. The SMILES string of the molecule is Cc1cc(C(=O)N2CCN(C(=O)c3cnc4n[nH]c(C)c4c3)CC2)c(C)o1. The van der Waals surface area contributed by atoms with Crippen molar-refractivity contribution < 1.29 is 14.0 Å². The molecule has 0 aromatic carbocycles. The minimum absolute atomic E-state index is 0.0476. The molecule has 0 unspecified atom stereocenters. The third kappa shape index (κ3) is 3.07. The molecule has 8 nitrogen and oxygen atoms in total. The summed E-state index contributed by atoms with van der Waals surface area (Å²) in [4.78, 5) is 33.3. The van der Waals surface area contributed by atoms with Gasteiger partial charge in [-0.25, -0.2) is 4.98 Å². The summed E-state index contributed by atoms with van der Waals surface area (Å²) in [6.45, 7) is 7.48. The monoisotopic (exact) mass is 367 g/mol. The summed E-state index contributed by atoms with van der Waals surface area (Å²) in [5.41, 5.74) is 2.61. The third-order valence-corrected chi connectivity index (χ3v) is 4.97. The fourth-order valence-corrected chi connectivity index (χ4v) is 3.45. The molecule has 8 heteroatoms. The quantitative estimate of drug-likeness (QED) is 0.748. The molecule has 140 valence electrons. The predicted octanol–water partition coefficient (Wildman–Crippen LogP) is 2.07. The second kappa shape index (κ2) is 6.53. The van der Waals surface area contributed by atoms with Gasteiger partial charge in [-0.1, -0.05) is 0 Å². The van der Waals surface area contributed by atoms with E-state index in [2.05, 4.69) is 15.2 Å². The number of carbonyl (C=O) groups is 2. The van der Waals surface area contributed by atoms with Crippen molar-refractivity contribution in [2.75, 3.05) is 26.2 Å². The minimum Gasteiger partial charge on any atom is -0.466 e. The third-order valence-electron chi connectivity index (χ3n) is 4.97. The predicted molar refractivity (Wildman–Crippen MR) is 98.6 cm³/mol. The molecule has 4 heterocycles. The van der Waals surface area contributed by atoms with Gasteiger partial charge in [0, 0.05) is 43.5 Å². The largest absolute Gasteiger partial charge is 0.466 e. The number of piperazine rings is 1. The van der Waals surface area contributed by atoms with E-state index in [0.717, 1.165) is 16.8 Å². The molecule has 0 bridgehead atoms. The molecule has 2 amide bonds.